The van der Waals surface area contributed by atoms with E-state index in [-0.39, 0.29) is 39.8 Å². The van der Waals surface area contributed by atoms with Gasteiger partial charge in [0.25, 0.3) is 5.91 Å². The van der Waals surface area contributed by atoms with Gasteiger partial charge in [0, 0.05) is 18.7 Å². The molecule has 0 unspecified atom stereocenters. The van der Waals surface area contributed by atoms with Crippen LogP contribution in [0, 0.1) is 0 Å². The number of esters is 1. The van der Waals surface area contributed by atoms with Crippen molar-refractivity contribution in [2.75, 3.05) is 32.6 Å². The van der Waals surface area contributed by atoms with Gasteiger partial charge in [-0.3, -0.25) is 4.79 Å². The Morgan fingerprint density at radius 1 is 1.07 bits per heavy atom. The minimum absolute atomic E-state index is 0.0122. The maximum Gasteiger partial charge on any atom is 0.340 e. The lowest BCUT2D eigenvalue weighted by Gasteiger charge is -2.19. The SMILES string of the molecule is CCN(CC)S(=O)(=O)c1cc(C(=O)Nc2ccc(OC)cc2C(=O)OC)ccc1Cl. The fourth-order valence-electron chi connectivity index (χ4n) is 2.78. The van der Waals surface area contributed by atoms with E-state index in [1.54, 1.807) is 19.9 Å². The Hall–Kier alpha value is -2.62. The zero-order valence-corrected chi connectivity index (χ0v) is 18.6. The summed E-state index contributed by atoms with van der Waals surface area (Å²) < 4.78 is 36.8. The van der Waals surface area contributed by atoms with Crippen LogP contribution in [0.1, 0.15) is 34.6 Å². The van der Waals surface area contributed by atoms with Crippen molar-refractivity contribution in [2.45, 2.75) is 18.7 Å². The number of benzene rings is 2. The summed E-state index contributed by atoms with van der Waals surface area (Å²) in [5.74, 6) is -0.865. The second kappa shape index (κ2) is 9.92. The van der Waals surface area contributed by atoms with E-state index in [2.05, 4.69) is 5.32 Å². The molecule has 0 aliphatic heterocycles. The van der Waals surface area contributed by atoms with Gasteiger partial charge in [-0.2, -0.15) is 4.31 Å². The third kappa shape index (κ3) is 4.92. The molecule has 30 heavy (non-hydrogen) atoms. The van der Waals surface area contributed by atoms with E-state index >= 15 is 0 Å². The second-order valence-electron chi connectivity index (χ2n) is 6.09. The van der Waals surface area contributed by atoms with E-state index in [1.165, 1.54) is 48.9 Å². The lowest BCUT2D eigenvalue weighted by atomic mass is 10.1. The fraction of sp³-hybridized carbons (Fsp3) is 0.300. The van der Waals surface area contributed by atoms with Crippen molar-refractivity contribution in [3.8, 4) is 5.75 Å². The van der Waals surface area contributed by atoms with Crippen LogP contribution in [-0.2, 0) is 14.8 Å². The van der Waals surface area contributed by atoms with Crippen LogP contribution in [0.4, 0.5) is 5.69 Å². The maximum absolute atomic E-state index is 12.8. The first-order chi connectivity index (χ1) is 14.2. The minimum atomic E-state index is -3.86. The van der Waals surface area contributed by atoms with E-state index in [0.29, 0.717) is 5.75 Å². The van der Waals surface area contributed by atoms with Crippen LogP contribution in [0.15, 0.2) is 41.3 Å². The molecule has 0 fully saturated rings. The van der Waals surface area contributed by atoms with Crippen molar-refractivity contribution in [1.82, 2.24) is 4.31 Å². The summed E-state index contributed by atoms with van der Waals surface area (Å²) in [6, 6.07) is 8.46. The average Bonchev–Trinajstić information content (AvgIpc) is 2.74. The second-order valence-corrected chi connectivity index (χ2v) is 8.41. The van der Waals surface area contributed by atoms with Gasteiger partial charge in [0.2, 0.25) is 10.0 Å². The molecular weight excluding hydrogens is 432 g/mol. The number of amides is 1. The zero-order valence-electron chi connectivity index (χ0n) is 17.1. The number of halogens is 1. The van der Waals surface area contributed by atoms with E-state index in [1.807, 2.05) is 0 Å². The Bertz CT molecular complexity index is 1050. The Kier molecular flexibility index (Phi) is 7.83. The molecule has 10 heteroatoms. The molecule has 0 aliphatic rings. The molecule has 0 spiro atoms. The maximum atomic E-state index is 12.8. The topological polar surface area (TPSA) is 102 Å². The van der Waals surface area contributed by atoms with Gasteiger partial charge in [-0.15, -0.1) is 0 Å². The third-order valence-electron chi connectivity index (χ3n) is 4.40. The van der Waals surface area contributed by atoms with E-state index in [9.17, 15) is 18.0 Å². The summed E-state index contributed by atoms with van der Waals surface area (Å²) in [5, 5.41) is 2.61. The third-order valence-corrected chi connectivity index (χ3v) is 6.93. The minimum Gasteiger partial charge on any atom is -0.497 e. The fourth-order valence-corrected chi connectivity index (χ4v) is 4.74. The van der Waals surface area contributed by atoms with Crippen LogP contribution in [0.2, 0.25) is 5.02 Å². The van der Waals surface area contributed by atoms with Crippen molar-refractivity contribution in [1.29, 1.82) is 0 Å². The van der Waals surface area contributed by atoms with Gasteiger partial charge in [-0.25, -0.2) is 13.2 Å². The van der Waals surface area contributed by atoms with Crippen LogP contribution in [0.3, 0.4) is 0 Å². The molecule has 1 N–H and O–H groups in total. The summed E-state index contributed by atoms with van der Waals surface area (Å²) in [5.41, 5.74) is 0.350. The Balaban J connectivity index is 2.43. The highest BCUT2D eigenvalue weighted by atomic mass is 35.5. The highest BCUT2D eigenvalue weighted by molar-refractivity contribution is 7.89. The molecule has 2 rings (SSSR count). The van der Waals surface area contributed by atoms with E-state index in [4.69, 9.17) is 21.1 Å². The smallest absolute Gasteiger partial charge is 0.340 e. The molecule has 0 aromatic heterocycles. The van der Waals surface area contributed by atoms with Gasteiger partial charge < -0.3 is 14.8 Å². The first-order valence-corrected chi connectivity index (χ1v) is 10.9. The number of hydrogen-bond donors (Lipinski definition) is 1. The largest absolute Gasteiger partial charge is 0.497 e. The number of anilines is 1. The Morgan fingerprint density at radius 3 is 2.30 bits per heavy atom. The van der Waals surface area contributed by atoms with Crippen LogP contribution >= 0.6 is 11.6 Å². The van der Waals surface area contributed by atoms with Crippen LogP contribution in [-0.4, -0.2) is 51.9 Å². The summed E-state index contributed by atoms with van der Waals surface area (Å²) in [6.45, 7) is 3.95. The Morgan fingerprint density at radius 2 is 1.73 bits per heavy atom. The average molecular weight is 455 g/mol. The highest BCUT2D eigenvalue weighted by Crippen LogP contribution is 2.27. The van der Waals surface area contributed by atoms with Crippen molar-refractivity contribution in [3.05, 3.63) is 52.5 Å². The number of carbonyl (C=O) groups is 2. The number of methoxy groups -OCH3 is 2. The quantitative estimate of drug-likeness (QED) is 0.613. The molecular formula is C20H23ClN2O6S. The van der Waals surface area contributed by atoms with Crippen molar-refractivity contribution in [3.63, 3.8) is 0 Å². The zero-order chi connectivity index (χ0) is 22.5. The normalized spacial score (nSPS) is 11.3. The van der Waals surface area contributed by atoms with Crippen molar-refractivity contribution >= 4 is 39.2 Å². The van der Waals surface area contributed by atoms with Gasteiger partial charge >= 0.3 is 5.97 Å². The molecule has 1 amide bonds. The van der Waals surface area contributed by atoms with Crippen molar-refractivity contribution in [2.24, 2.45) is 0 Å². The lowest BCUT2D eigenvalue weighted by Crippen LogP contribution is -2.31. The van der Waals surface area contributed by atoms with Gasteiger partial charge in [-0.1, -0.05) is 25.4 Å². The van der Waals surface area contributed by atoms with Crippen molar-refractivity contribution < 1.29 is 27.5 Å². The standard InChI is InChI=1S/C20H23ClN2O6S/c1-5-23(6-2)30(26,27)18-11-13(7-9-16(18)21)19(24)22-17-10-8-14(28-3)12-15(17)20(25)29-4/h7-12H,5-6H2,1-4H3,(H,22,24). The number of carbonyl (C=O) groups excluding carboxylic acids is 2. The van der Waals surface area contributed by atoms with Gasteiger partial charge in [0.15, 0.2) is 0 Å². The highest BCUT2D eigenvalue weighted by Gasteiger charge is 2.26. The van der Waals surface area contributed by atoms with Crippen LogP contribution in [0.25, 0.3) is 0 Å². The molecule has 0 radical (unpaired) electrons. The molecule has 0 bridgehead atoms. The van der Waals surface area contributed by atoms with E-state index < -0.39 is 21.9 Å². The summed E-state index contributed by atoms with van der Waals surface area (Å²) in [4.78, 5) is 24.7. The monoisotopic (exact) mass is 454 g/mol. The molecule has 0 heterocycles. The summed E-state index contributed by atoms with van der Waals surface area (Å²) in [7, 11) is -1.20. The molecule has 8 nitrogen and oxygen atoms in total. The molecule has 0 atom stereocenters. The molecule has 2 aromatic carbocycles. The molecule has 0 saturated heterocycles. The predicted octanol–water partition coefficient (Wildman–Crippen LogP) is 3.42. The van der Waals surface area contributed by atoms with Gasteiger partial charge in [0.1, 0.15) is 10.6 Å². The van der Waals surface area contributed by atoms with E-state index in [0.717, 1.165) is 0 Å². The number of nitrogens with one attached hydrogen (secondary N) is 1. The lowest BCUT2D eigenvalue weighted by molar-refractivity contribution is 0.0601. The predicted molar refractivity (Wildman–Crippen MR) is 114 cm³/mol. The Labute approximate surface area is 180 Å². The summed E-state index contributed by atoms with van der Waals surface area (Å²) >= 11 is 6.11. The first-order valence-electron chi connectivity index (χ1n) is 9.06. The van der Waals surface area contributed by atoms with Crippen LogP contribution in [0.5, 0.6) is 5.75 Å². The number of rotatable bonds is 8. The number of nitrogens with zero attached hydrogens (tertiary/aromatic N) is 1. The number of sulfonamides is 1. The molecule has 162 valence electrons. The van der Waals surface area contributed by atoms with Gasteiger partial charge in [-0.05, 0) is 36.4 Å². The summed E-state index contributed by atoms with van der Waals surface area (Å²) in [6.07, 6.45) is 0. The molecule has 0 aliphatic carbocycles. The molecule has 2 aromatic rings. The number of hydrogen-bond acceptors (Lipinski definition) is 6. The number of ether oxygens (including phenoxy) is 2. The van der Waals surface area contributed by atoms with Crippen LogP contribution < -0.4 is 10.1 Å². The molecule has 0 saturated carbocycles. The first kappa shape index (κ1) is 23.7. The van der Waals surface area contributed by atoms with Gasteiger partial charge in [0.05, 0.1) is 30.5 Å².